The molecule has 0 radical (unpaired) electrons. The normalized spacial score (nSPS) is 10.6. The molecule has 134 valence electrons. The molecule has 3 aromatic rings. The molecule has 2 aromatic heterocycles. The number of nitrogens with one attached hydrogen (secondary N) is 2. The second-order valence-corrected chi connectivity index (χ2v) is 6.27. The number of ether oxygens (including phenoxy) is 1. The Morgan fingerprint density at radius 3 is 2.73 bits per heavy atom. The molecule has 0 unspecified atom stereocenters. The van der Waals surface area contributed by atoms with Gasteiger partial charge in [-0.15, -0.1) is 0 Å². The Morgan fingerprint density at radius 1 is 1.31 bits per heavy atom. The first-order valence-electron chi connectivity index (χ1n) is 8.16. The van der Waals surface area contributed by atoms with Crippen molar-refractivity contribution in [3.8, 4) is 11.4 Å². The van der Waals surface area contributed by atoms with Gasteiger partial charge in [0.25, 0.3) is 5.91 Å². The van der Waals surface area contributed by atoms with Gasteiger partial charge in [-0.05, 0) is 38.2 Å². The molecule has 7 heteroatoms. The Morgan fingerprint density at radius 2 is 2.04 bits per heavy atom. The van der Waals surface area contributed by atoms with E-state index in [1.165, 1.54) is 0 Å². The van der Waals surface area contributed by atoms with Crippen LogP contribution < -0.4 is 10.1 Å². The van der Waals surface area contributed by atoms with E-state index in [0.29, 0.717) is 17.0 Å². The molecule has 6 nitrogen and oxygen atoms in total. The van der Waals surface area contributed by atoms with Gasteiger partial charge in [-0.1, -0.05) is 18.2 Å². The van der Waals surface area contributed by atoms with E-state index in [2.05, 4.69) is 15.3 Å². The molecule has 0 aliphatic heterocycles. The standard InChI is InChI=1S/C19H20N4O2S/c1-12-9-20-15(13(2)17(12)25-3)10-21-18(24)16-11-22-19(26)23(16)14-7-5-4-6-8-14/h4-9,11H,10H2,1-3H3,(H,21,24)(H,22,26). The topological polar surface area (TPSA) is 71.9 Å². The van der Waals surface area contributed by atoms with Crippen molar-refractivity contribution in [3.63, 3.8) is 0 Å². The zero-order chi connectivity index (χ0) is 18.7. The highest BCUT2D eigenvalue weighted by Crippen LogP contribution is 2.23. The minimum atomic E-state index is -0.234. The van der Waals surface area contributed by atoms with Crippen LogP contribution in [-0.4, -0.2) is 27.6 Å². The number of imidazole rings is 1. The highest BCUT2D eigenvalue weighted by atomic mass is 32.1. The molecule has 0 aliphatic rings. The molecule has 0 saturated heterocycles. The van der Waals surface area contributed by atoms with Gasteiger partial charge >= 0.3 is 0 Å². The molecule has 3 rings (SSSR count). The fraction of sp³-hybridized carbons (Fsp3) is 0.211. The molecular formula is C19H20N4O2S. The second-order valence-electron chi connectivity index (χ2n) is 5.88. The summed E-state index contributed by atoms with van der Waals surface area (Å²) in [6, 6.07) is 9.52. The molecule has 1 aromatic carbocycles. The number of carbonyl (C=O) groups is 1. The van der Waals surface area contributed by atoms with E-state index in [9.17, 15) is 4.79 Å². The Hall–Kier alpha value is -2.93. The monoisotopic (exact) mass is 368 g/mol. The van der Waals surface area contributed by atoms with E-state index < -0.39 is 0 Å². The maximum Gasteiger partial charge on any atom is 0.270 e. The summed E-state index contributed by atoms with van der Waals surface area (Å²) in [7, 11) is 1.63. The van der Waals surface area contributed by atoms with Crippen molar-refractivity contribution in [1.82, 2.24) is 19.9 Å². The van der Waals surface area contributed by atoms with E-state index in [1.54, 1.807) is 24.1 Å². The lowest BCUT2D eigenvalue weighted by molar-refractivity contribution is 0.0943. The van der Waals surface area contributed by atoms with Gasteiger partial charge in [-0.2, -0.15) is 0 Å². The first-order chi connectivity index (χ1) is 12.5. The SMILES string of the molecule is COc1c(C)cnc(CNC(=O)c2c[nH]c(=S)n2-c2ccccc2)c1C. The molecule has 2 heterocycles. The van der Waals surface area contributed by atoms with Gasteiger partial charge in [0.2, 0.25) is 0 Å². The maximum atomic E-state index is 12.7. The predicted molar refractivity (Wildman–Crippen MR) is 102 cm³/mol. The van der Waals surface area contributed by atoms with Gasteiger partial charge in [0.1, 0.15) is 11.4 Å². The van der Waals surface area contributed by atoms with Crippen molar-refractivity contribution in [2.75, 3.05) is 7.11 Å². The van der Waals surface area contributed by atoms with Crippen LogP contribution >= 0.6 is 12.2 Å². The lowest BCUT2D eigenvalue weighted by atomic mass is 10.1. The zero-order valence-electron chi connectivity index (χ0n) is 14.9. The summed E-state index contributed by atoms with van der Waals surface area (Å²) in [5.74, 6) is 0.556. The first kappa shape index (κ1) is 17.9. The van der Waals surface area contributed by atoms with Gasteiger partial charge in [0, 0.05) is 29.2 Å². The number of aryl methyl sites for hydroxylation is 1. The number of benzene rings is 1. The number of hydrogen-bond donors (Lipinski definition) is 2. The summed E-state index contributed by atoms with van der Waals surface area (Å²) in [6.07, 6.45) is 3.36. The number of para-hydroxylation sites is 1. The Bertz CT molecular complexity index is 993. The van der Waals surface area contributed by atoms with Crippen LogP contribution in [0.2, 0.25) is 0 Å². The van der Waals surface area contributed by atoms with Crippen LogP contribution in [0.4, 0.5) is 0 Å². The molecule has 26 heavy (non-hydrogen) atoms. The van der Waals surface area contributed by atoms with Crippen molar-refractivity contribution in [2.45, 2.75) is 20.4 Å². The number of nitrogens with zero attached hydrogens (tertiary/aromatic N) is 2. The fourth-order valence-corrected chi connectivity index (χ4v) is 3.14. The number of amides is 1. The molecule has 0 saturated carbocycles. The summed E-state index contributed by atoms with van der Waals surface area (Å²) in [6.45, 7) is 4.17. The van der Waals surface area contributed by atoms with Crippen LogP contribution in [-0.2, 0) is 6.54 Å². The van der Waals surface area contributed by atoms with E-state index in [0.717, 1.165) is 28.3 Å². The molecule has 2 N–H and O–H groups in total. The Labute approximate surface area is 156 Å². The number of hydrogen-bond acceptors (Lipinski definition) is 4. The van der Waals surface area contributed by atoms with E-state index in [-0.39, 0.29) is 5.91 Å². The summed E-state index contributed by atoms with van der Waals surface area (Å²) in [4.78, 5) is 20.0. The number of pyridine rings is 1. The molecule has 1 amide bonds. The van der Waals surface area contributed by atoms with Crippen molar-refractivity contribution in [1.29, 1.82) is 0 Å². The Kier molecular flexibility index (Phi) is 5.18. The third-order valence-corrected chi connectivity index (χ3v) is 4.49. The third-order valence-electron chi connectivity index (χ3n) is 4.19. The van der Waals surface area contributed by atoms with E-state index in [1.807, 2.05) is 44.2 Å². The molecule has 0 spiro atoms. The van der Waals surface area contributed by atoms with Gasteiger partial charge < -0.3 is 15.0 Å². The van der Waals surface area contributed by atoms with Crippen LogP contribution in [0.25, 0.3) is 5.69 Å². The number of carbonyl (C=O) groups excluding carboxylic acids is 1. The molecular weight excluding hydrogens is 348 g/mol. The number of methoxy groups -OCH3 is 1. The quantitative estimate of drug-likeness (QED) is 0.676. The van der Waals surface area contributed by atoms with Gasteiger partial charge in [-0.25, -0.2) is 0 Å². The van der Waals surface area contributed by atoms with Crippen LogP contribution in [0.15, 0.2) is 42.7 Å². The number of aromatic nitrogens is 3. The average Bonchev–Trinajstić information content (AvgIpc) is 3.03. The summed E-state index contributed by atoms with van der Waals surface area (Å²) in [5, 5.41) is 2.91. The van der Waals surface area contributed by atoms with Gasteiger partial charge in [0.05, 0.1) is 19.3 Å². The van der Waals surface area contributed by atoms with Gasteiger partial charge in [0.15, 0.2) is 4.77 Å². The van der Waals surface area contributed by atoms with Crippen molar-refractivity contribution >= 4 is 18.1 Å². The van der Waals surface area contributed by atoms with Crippen LogP contribution in [0.5, 0.6) is 5.75 Å². The van der Waals surface area contributed by atoms with Crippen LogP contribution in [0.3, 0.4) is 0 Å². The summed E-state index contributed by atoms with van der Waals surface area (Å²) >= 11 is 5.32. The van der Waals surface area contributed by atoms with Crippen molar-refractivity contribution < 1.29 is 9.53 Å². The highest BCUT2D eigenvalue weighted by molar-refractivity contribution is 7.71. The van der Waals surface area contributed by atoms with Crippen LogP contribution in [0, 0.1) is 18.6 Å². The lowest BCUT2D eigenvalue weighted by Crippen LogP contribution is -2.26. The van der Waals surface area contributed by atoms with Crippen molar-refractivity contribution in [2.24, 2.45) is 0 Å². The minimum absolute atomic E-state index is 0.234. The number of H-pyrrole nitrogens is 1. The van der Waals surface area contributed by atoms with Crippen molar-refractivity contribution in [3.05, 3.63) is 70.0 Å². The molecule has 0 fully saturated rings. The second kappa shape index (κ2) is 7.53. The van der Waals surface area contributed by atoms with Gasteiger partial charge in [-0.3, -0.25) is 14.3 Å². The van der Waals surface area contributed by atoms with E-state index >= 15 is 0 Å². The predicted octanol–water partition coefficient (Wildman–Crippen LogP) is 3.49. The summed E-state index contributed by atoms with van der Waals surface area (Å²) in [5.41, 5.74) is 3.92. The largest absolute Gasteiger partial charge is 0.496 e. The first-order valence-corrected chi connectivity index (χ1v) is 8.57. The zero-order valence-corrected chi connectivity index (χ0v) is 15.7. The molecule has 0 atom stereocenters. The lowest BCUT2D eigenvalue weighted by Gasteiger charge is -2.13. The minimum Gasteiger partial charge on any atom is -0.496 e. The van der Waals surface area contributed by atoms with E-state index in [4.69, 9.17) is 17.0 Å². The summed E-state index contributed by atoms with van der Waals surface area (Å²) < 4.78 is 7.59. The fourth-order valence-electron chi connectivity index (χ4n) is 2.87. The maximum absolute atomic E-state index is 12.7. The average molecular weight is 368 g/mol. The molecule has 0 bridgehead atoms. The number of aromatic amines is 1. The highest BCUT2D eigenvalue weighted by Gasteiger charge is 2.16. The molecule has 0 aliphatic carbocycles. The van der Waals surface area contributed by atoms with Crippen LogP contribution in [0.1, 0.15) is 27.3 Å². The number of rotatable bonds is 5. The Balaban J connectivity index is 1.84. The smallest absolute Gasteiger partial charge is 0.270 e. The third kappa shape index (κ3) is 3.39.